The molecule has 0 radical (unpaired) electrons. The summed E-state index contributed by atoms with van der Waals surface area (Å²) in [7, 11) is 0. The van der Waals surface area contributed by atoms with Crippen LogP contribution in [0, 0.1) is 10.1 Å². The van der Waals surface area contributed by atoms with Crippen LogP contribution >= 0.6 is 0 Å². The molecule has 3 aromatic heterocycles. The average Bonchev–Trinajstić information content (AvgIpc) is 3.29. The molecule has 3 heterocycles. The van der Waals surface area contributed by atoms with Gasteiger partial charge in [0.15, 0.2) is 0 Å². The number of anilines is 1. The molecule has 3 rings (SSSR count). The van der Waals surface area contributed by atoms with Crippen LogP contribution in [-0.2, 0) is 24.4 Å². The van der Waals surface area contributed by atoms with Crippen molar-refractivity contribution in [2.75, 3.05) is 5.32 Å². The van der Waals surface area contributed by atoms with E-state index in [1.165, 1.54) is 23.1 Å². The Balaban J connectivity index is 1.56. The lowest BCUT2D eigenvalue weighted by molar-refractivity contribution is -0.389. The van der Waals surface area contributed by atoms with E-state index in [0.717, 1.165) is 12.1 Å². The lowest BCUT2D eigenvalue weighted by Gasteiger charge is -2.00. The Kier molecular flexibility index (Phi) is 4.55. The topological polar surface area (TPSA) is 126 Å². The number of hydrogen-bond donors (Lipinski definition) is 1. The number of hydrogen-bond acceptors (Lipinski definition) is 6. The van der Waals surface area contributed by atoms with Gasteiger partial charge in [-0.25, -0.2) is 0 Å². The molecule has 1 N–H and O–H groups in total. The number of aryl methyl sites for hydroxylation is 1. The molecule has 1 amide bonds. The van der Waals surface area contributed by atoms with Gasteiger partial charge in [0.1, 0.15) is 6.54 Å². The minimum atomic E-state index is -0.612. The van der Waals surface area contributed by atoms with Crippen LogP contribution in [-0.4, -0.2) is 40.2 Å². The summed E-state index contributed by atoms with van der Waals surface area (Å²) in [5.74, 6) is -0.649. The monoisotopic (exact) mass is 344 g/mol. The van der Waals surface area contributed by atoms with Gasteiger partial charge in [-0.2, -0.15) is 14.9 Å². The van der Waals surface area contributed by atoms with Crippen LogP contribution in [0.4, 0.5) is 11.5 Å². The Labute approximate surface area is 142 Å². The van der Waals surface area contributed by atoms with Gasteiger partial charge in [-0.05, 0) is 11.8 Å². The van der Waals surface area contributed by atoms with Gasteiger partial charge in [-0.3, -0.25) is 14.2 Å². The minimum absolute atomic E-state index is 0.123. The number of rotatable bonds is 7. The molecule has 3 aromatic rings. The summed E-state index contributed by atoms with van der Waals surface area (Å²) in [5, 5.41) is 25.3. The Bertz CT molecular complexity index is 893. The van der Waals surface area contributed by atoms with Crippen molar-refractivity contribution >= 4 is 17.4 Å². The van der Waals surface area contributed by atoms with E-state index in [-0.39, 0.29) is 18.3 Å². The molecule has 25 heavy (non-hydrogen) atoms. The zero-order valence-corrected chi connectivity index (χ0v) is 13.4. The molecule has 11 heteroatoms. The predicted molar refractivity (Wildman–Crippen MR) is 86.7 cm³/mol. The number of nitro groups is 1. The minimum Gasteiger partial charge on any atom is -0.358 e. The van der Waals surface area contributed by atoms with Gasteiger partial charge in [0.25, 0.3) is 0 Å². The van der Waals surface area contributed by atoms with Gasteiger partial charge < -0.3 is 15.4 Å². The van der Waals surface area contributed by atoms with E-state index in [1.54, 1.807) is 17.1 Å². The van der Waals surface area contributed by atoms with Crippen molar-refractivity contribution in [1.29, 1.82) is 0 Å². The third kappa shape index (κ3) is 4.07. The molecule has 0 atom stereocenters. The maximum absolute atomic E-state index is 12.0. The van der Waals surface area contributed by atoms with Crippen molar-refractivity contribution in [2.45, 2.75) is 26.6 Å². The number of carbonyl (C=O) groups excluding carboxylic acids is 1. The van der Waals surface area contributed by atoms with E-state index in [4.69, 9.17) is 0 Å². The highest BCUT2D eigenvalue weighted by molar-refractivity contribution is 5.90. The molecule has 11 nitrogen and oxygen atoms in total. The molecule has 0 fully saturated rings. The zero-order valence-electron chi connectivity index (χ0n) is 13.4. The van der Waals surface area contributed by atoms with E-state index >= 15 is 0 Å². The first-order valence-electron chi connectivity index (χ1n) is 7.55. The Morgan fingerprint density at radius 1 is 1.24 bits per heavy atom. The Hall–Kier alpha value is -3.50. The largest absolute Gasteiger partial charge is 0.389 e. The summed E-state index contributed by atoms with van der Waals surface area (Å²) in [6.45, 7) is 3.22. The van der Waals surface area contributed by atoms with Crippen LogP contribution in [0.1, 0.15) is 12.5 Å². The standard InChI is InChI=1S/C14H16N8O3/c1-2-19-7-11(5-15-19)8-21-9-12(6-16-21)17-14(23)10-20-4-3-13(18-20)22(24)25/h3-7,9H,2,8,10H2,1H3,(H,17,23). The second kappa shape index (κ2) is 6.95. The predicted octanol–water partition coefficient (Wildman–Crippen LogP) is 0.891. The van der Waals surface area contributed by atoms with Crippen LogP contribution in [0.3, 0.4) is 0 Å². The van der Waals surface area contributed by atoms with E-state index < -0.39 is 4.92 Å². The van der Waals surface area contributed by atoms with E-state index in [9.17, 15) is 14.9 Å². The maximum Gasteiger partial charge on any atom is 0.389 e. The van der Waals surface area contributed by atoms with Crippen LogP contribution in [0.25, 0.3) is 0 Å². The van der Waals surface area contributed by atoms with Crippen molar-refractivity contribution in [3.63, 3.8) is 0 Å². The lowest BCUT2D eigenvalue weighted by atomic mass is 10.4. The highest BCUT2D eigenvalue weighted by Gasteiger charge is 2.14. The molecule has 0 aliphatic rings. The van der Waals surface area contributed by atoms with Crippen LogP contribution < -0.4 is 5.32 Å². The van der Waals surface area contributed by atoms with Crippen LogP contribution in [0.5, 0.6) is 0 Å². The summed E-state index contributed by atoms with van der Waals surface area (Å²) in [4.78, 5) is 21.9. The fourth-order valence-electron chi connectivity index (χ4n) is 2.25. The summed E-state index contributed by atoms with van der Waals surface area (Å²) < 4.78 is 4.72. The summed E-state index contributed by atoms with van der Waals surface area (Å²) in [5.41, 5.74) is 1.54. The first-order chi connectivity index (χ1) is 12.0. The van der Waals surface area contributed by atoms with Crippen molar-refractivity contribution in [1.82, 2.24) is 29.3 Å². The molecule has 0 aliphatic carbocycles. The number of aromatic nitrogens is 6. The molecular weight excluding hydrogens is 328 g/mol. The smallest absolute Gasteiger partial charge is 0.358 e. The average molecular weight is 344 g/mol. The third-order valence-electron chi connectivity index (χ3n) is 3.39. The molecule has 0 aromatic carbocycles. The number of amides is 1. The molecule has 0 saturated heterocycles. The lowest BCUT2D eigenvalue weighted by Crippen LogP contribution is -2.18. The first kappa shape index (κ1) is 16.4. The molecule has 0 bridgehead atoms. The molecule has 0 unspecified atom stereocenters. The Morgan fingerprint density at radius 3 is 2.72 bits per heavy atom. The van der Waals surface area contributed by atoms with Crippen LogP contribution in [0.2, 0.25) is 0 Å². The second-order valence-electron chi connectivity index (χ2n) is 5.31. The third-order valence-corrected chi connectivity index (χ3v) is 3.39. The second-order valence-corrected chi connectivity index (χ2v) is 5.31. The maximum atomic E-state index is 12.0. The molecule has 0 saturated carbocycles. The highest BCUT2D eigenvalue weighted by Crippen LogP contribution is 2.09. The zero-order chi connectivity index (χ0) is 17.8. The van der Waals surface area contributed by atoms with Gasteiger partial charge in [0, 0.05) is 24.5 Å². The number of nitrogens with one attached hydrogen (secondary N) is 1. The van der Waals surface area contributed by atoms with Gasteiger partial charge in [-0.15, -0.1) is 0 Å². The van der Waals surface area contributed by atoms with Gasteiger partial charge >= 0.3 is 5.82 Å². The molecule has 0 aliphatic heterocycles. The quantitative estimate of drug-likeness (QED) is 0.501. The van der Waals surface area contributed by atoms with Gasteiger partial charge in [0.05, 0.1) is 42.0 Å². The summed E-state index contributed by atoms with van der Waals surface area (Å²) in [6.07, 6.45) is 8.32. The summed E-state index contributed by atoms with van der Waals surface area (Å²) >= 11 is 0. The van der Waals surface area contributed by atoms with Crippen LogP contribution in [0.15, 0.2) is 37.1 Å². The molecule has 130 valence electrons. The normalized spacial score (nSPS) is 10.8. The number of carbonyl (C=O) groups is 1. The Morgan fingerprint density at radius 2 is 2.04 bits per heavy atom. The van der Waals surface area contributed by atoms with Crippen molar-refractivity contribution in [3.8, 4) is 0 Å². The molecular formula is C14H16N8O3. The van der Waals surface area contributed by atoms with E-state index in [2.05, 4.69) is 20.6 Å². The highest BCUT2D eigenvalue weighted by atomic mass is 16.6. The van der Waals surface area contributed by atoms with Gasteiger partial charge in [0.2, 0.25) is 5.91 Å². The first-order valence-corrected chi connectivity index (χ1v) is 7.55. The fourth-order valence-corrected chi connectivity index (χ4v) is 2.25. The van der Waals surface area contributed by atoms with Crippen molar-refractivity contribution < 1.29 is 9.72 Å². The van der Waals surface area contributed by atoms with Gasteiger partial charge in [-0.1, -0.05) is 0 Å². The summed E-state index contributed by atoms with van der Waals surface area (Å²) in [6, 6.07) is 1.24. The van der Waals surface area contributed by atoms with E-state index in [0.29, 0.717) is 12.2 Å². The molecule has 0 spiro atoms. The fraction of sp³-hybridized carbons (Fsp3) is 0.286. The number of nitrogens with zero attached hydrogens (tertiary/aromatic N) is 7. The van der Waals surface area contributed by atoms with Crippen molar-refractivity contribution in [3.05, 3.63) is 52.7 Å². The van der Waals surface area contributed by atoms with E-state index in [1.807, 2.05) is 17.8 Å². The van der Waals surface area contributed by atoms with Crippen molar-refractivity contribution in [2.24, 2.45) is 0 Å². The SMILES string of the molecule is CCn1cc(Cn2cc(NC(=O)Cn3ccc([N+](=O)[O-])n3)cn2)cn1.